The van der Waals surface area contributed by atoms with E-state index in [1.165, 1.54) is 0 Å². The van der Waals surface area contributed by atoms with E-state index in [2.05, 4.69) is 10.2 Å². The highest BCUT2D eigenvalue weighted by atomic mass is 16.5. The Kier molecular flexibility index (Phi) is 2.60. The predicted molar refractivity (Wildman–Crippen MR) is 58.4 cm³/mol. The molecule has 0 aliphatic carbocycles. The zero-order chi connectivity index (χ0) is 11.7. The molecule has 2 aromatic heterocycles. The second-order valence-electron chi connectivity index (χ2n) is 3.57. The van der Waals surface area contributed by atoms with E-state index >= 15 is 0 Å². The zero-order valence-corrected chi connectivity index (χ0v) is 9.52. The number of ether oxygens (including phenoxy) is 1. The number of carbonyl (C=O) groups excluding carboxylic acids is 1. The Morgan fingerprint density at radius 2 is 2.25 bits per heavy atom. The first kappa shape index (κ1) is 10.6. The van der Waals surface area contributed by atoms with Gasteiger partial charge in [0.05, 0.1) is 12.2 Å². The molecule has 2 aromatic rings. The number of nitrogens with zero attached hydrogens (tertiary/aromatic N) is 3. The van der Waals surface area contributed by atoms with Crippen molar-refractivity contribution in [2.24, 2.45) is 0 Å². The molecule has 84 valence electrons. The molecular formula is C11H13N3O2. The highest BCUT2D eigenvalue weighted by Crippen LogP contribution is 2.17. The lowest BCUT2D eigenvalue weighted by Crippen LogP contribution is -2.11. The van der Waals surface area contributed by atoms with Gasteiger partial charge in [-0.05, 0) is 32.4 Å². The molecule has 5 nitrogen and oxygen atoms in total. The third-order valence-electron chi connectivity index (χ3n) is 2.52. The molecule has 5 heteroatoms. The summed E-state index contributed by atoms with van der Waals surface area (Å²) in [5, 5.41) is 7.76. The summed E-state index contributed by atoms with van der Waals surface area (Å²) in [7, 11) is 0. The monoisotopic (exact) mass is 219 g/mol. The van der Waals surface area contributed by atoms with Gasteiger partial charge in [0.1, 0.15) is 6.33 Å². The molecule has 2 rings (SSSR count). The van der Waals surface area contributed by atoms with Crippen LogP contribution in [0.1, 0.15) is 28.5 Å². The van der Waals surface area contributed by atoms with Crippen molar-refractivity contribution in [3.63, 3.8) is 0 Å². The lowest BCUT2D eigenvalue weighted by atomic mass is 10.1. The molecular weight excluding hydrogens is 206 g/mol. The first-order chi connectivity index (χ1) is 7.65. The number of hydrogen-bond donors (Lipinski definition) is 0. The van der Waals surface area contributed by atoms with Crippen molar-refractivity contribution in [3.05, 3.63) is 29.2 Å². The molecule has 0 bridgehead atoms. The van der Waals surface area contributed by atoms with Gasteiger partial charge < -0.3 is 4.74 Å². The molecule has 0 radical (unpaired) electrons. The van der Waals surface area contributed by atoms with Crippen molar-refractivity contribution < 1.29 is 9.53 Å². The second-order valence-corrected chi connectivity index (χ2v) is 3.57. The fourth-order valence-electron chi connectivity index (χ4n) is 1.78. The van der Waals surface area contributed by atoms with Crippen molar-refractivity contribution in [1.82, 2.24) is 14.6 Å². The van der Waals surface area contributed by atoms with Gasteiger partial charge in [0.2, 0.25) is 0 Å². The molecule has 0 aliphatic rings. The summed E-state index contributed by atoms with van der Waals surface area (Å²) in [5.41, 5.74) is 2.99. The third kappa shape index (κ3) is 1.54. The molecule has 0 unspecified atom stereocenters. The van der Waals surface area contributed by atoms with E-state index < -0.39 is 0 Å². The molecule has 0 amide bonds. The van der Waals surface area contributed by atoms with E-state index in [0.29, 0.717) is 12.2 Å². The van der Waals surface area contributed by atoms with Gasteiger partial charge in [0.25, 0.3) is 0 Å². The minimum absolute atomic E-state index is 0.298. The van der Waals surface area contributed by atoms with Gasteiger partial charge in [-0.25, -0.2) is 4.79 Å². The van der Waals surface area contributed by atoms with Crippen molar-refractivity contribution in [3.8, 4) is 0 Å². The molecule has 0 fully saturated rings. The number of rotatable bonds is 2. The Balaban J connectivity index is 2.63. The Bertz CT molecular complexity index is 545. The molecule has 0 saturated heterocycles. The predicted octanol–water partition coefficient (Wildman–Crippen LogP) is 1.52. The van der Waals surface area contributed by atoms with Crippen molar-refractivity contribution >= 4 is 11.6 Å². The van der Waals surface area contributed by atoms with E-state index in [9.17, 15) is 4.79 Å². The van der Waals surface area contributed by atoms with E-state index in [0.717, 1.165) is 16.9 Å². The SMILES string of the molecule is CCOC(=O)c1c(C)cc2nncn2c1C. The maximum atomic E-state index is 11.8. The number of carbonyl (C=O) groups is 1. The normalized spacial score (nSPS) is 10.7. The fraction of sp³-hybridized carbons (Fsp3) is 0.364. The minimum atomic E-state index is -0.298. The van der Waals surface area contributed by atoms with Crippen LogP contribution in [-0.4, -0.2) is 27.2 Å². The van der Waals surface area contributed by atoms with Gasteiger partial charge in [0.15, 0.2) is 5.65 Å². The third-order valence-corrected chi connectivity index (χ3v) is 2.52. The van der Waals surface area contributed by atoms with Gasteiger partial charge >= 0.3 is 5.97 Å². The summed E-state index contributed by atoms with van der Waals surface area (Å²) >= 11 is 0. The number of aryl methyl sites for hydroxylation is 2. The molecule has 0 aromatic carbocycles. The Morgan fingerprint density at radius 1 is 1.50 bits per heavy atom. The van der Waals surface area contributed by atoms with Crippen LogP contribution in [0.15, 0.2) is 12.4 Å². The zero-order valence-electron chi connectivity index (χ0n) is 9.52. The molecule has 0 aliphatic heterocycles. The maximum Gasteiger partial charge on any atom is 0.340 e. The highest BCUT2D eigenvalue weighted by Gasteiger charge is 2.16. The summed E-state index contributed by atoms with van der Waals surface area (Å²) in [6.07, 6.45) is 1.59. The lowest BCUT2D eigenvalue weighted by molar-refractivity contribution is 0.0524. The summed E-state index contributed by atoms with van der Waals surface area (Å²) < 4.78 is 6.80. The van der Waals surface area contributed by atoms with Crippen molar-refractivity contribution in [2.45, 2.75) is 20.8 Å². The lowest BCUT2D eigenvalue weighted by Gasteiger charge is -2.10. The van der Waals surface area contributed by atoms with Gasteiger partial charge in [0, 0.05) is 5.69 Å². The Hall–Kier alpha value is -1.91. The van der Waals surface area contributed by atoms with Crippen LogP contribution >= 0.6 is 0 Å². The topological polar surface area (TPSA) is 56.5 Å². The van der Waals surface area contributed by atoms with E-state index in [1.54, 1.807) is 17.7 Å². The maximum absolute atomic E-state index is 11.8. The van der Waals surface area contributed by atoms with Crippen molar-refractivity contribution in [1.29, 1.82) is 0 Å². The van der Waals surface area contributed by atoms with Crippen LogP contribution in [0.5, 0.6) is 0 Å². The van der Waals surface area contributed by atoms with Crippen LogP contribution in [0.25, 0.3) is 5.65 Å². The van der Waals surface area contributed by atoms with Crippen molar-refractivity contribution in [2.75, 3.05) is 6.61 Å². The van der Waals surface area contributed by atoms with E-state index in [-0.39, 0.29) is 5.97 Å². The number of aromatic nitrogens is 3. The molecule has 0 atom stereocenters. The van der Waals surface area contributed by atoms with Gasteiger partial charge in [-0.15, -0.1) is 10.2 Å². The summed E-state index contributed by atoms with van der Waals surface area (Å²) in [5.74, 6) is -0.298. The van der Waals surface area contributed by atoms with Crippen LogP contribution < -0.4 is 0 Å². The highest BCUT2D eigenvalue weighted by molar-refractivity contribution is 5.92. The largest absolute Gasteiger partial charge is 0.462 e. The number of fused-ring (bicyclic) bond motifs is 1. The van der Waals surface area contributed by atoms with Gasteiger partial charge in [-0.3, -0.25) is 4.40 Å². The smallest absolute Gasteiger partial charge is 0.340 e. The first-order valence-corrected chi connectivity index (χ1v) is 5.12. The number of hydrogen-bond acceptors (Lipinski definition) is 4. The Labute approximate surface area is 93.1 Å². The van der Waals surface area contributed by atoms with E-state index in [1.807, 2.05) is 19.9 Å². The van der Waals surface area contributed by atoms with Crippen LogP contribution in [0, 0.1) is 13.8 Å². The summed E-state index contributed by atoms with van der Waals surface area (Å²) in [6.45, 7) is 5.89. The molecule has 0 saturated carbocycles. The average Bonchev–Trinajstić information content (AvgIpc) is 2.66. The quantitative estimate of drug-likeness (QED) is 0.718. The van der Waals surface area contributed by atoms with Crippen LogP contribution in [0.4, 0.5) is 0 Å². The molecule has 2 heterocycles. The second kappa shape index (κ2) is 3.92. The number of pyridine rings is 1. The molecule has 0 spiro atoms. The first-order valence-electron chi connectivity index (χ1n) is 5.12. The molecule has 0 N–H and O–H groups in total. The Morgan fingerprint density at radius 3 is 2.94 bits per heavy atom. The van der Waals surface area contributed by atoms with E-state index in [4.69, 9.17) is 4.74 Å². The summed E-state index contributed by atoms with van der Waals surface area (Å²) in [4.78, 5) is 11.8. The minimum Gasteiger partial charge on any atom is -0.462 e. The number of esters is 1. The van der Waals surface area contributed by atoms with Gasteiger partial charge in [-0.1, -0.05) is 0 Å². The van der Waals surface area contributed by atoms with Crippen LogP contribution in [0.3, 0.4) is 0 Å². The average molecular weight is 219 g/mol. The van der Waals surface area contributed by atoms with Crippen LogP contribution in [0.2, 0.25) is 0 Å². The van der Waals surface area contributed by atoms with Crippen LogP contribution in [-0.2, 0) is 4.74 Å². The fourth-order valence-corrected chi connectivity index (χ4v) is 1.78. The summed E-state index contributed by atoms with van der Waals surface area (Å²) in [6, 6.07) is 1.83. The molecule has 16 heavy (non-hydrogen) atoms. The van der Waals surface area contributed by atoms with Gasteiger partial charge in [-0.2, -0.15) is 0 Å². The standard InChI is InChI=1S/C11H13N3O2/c1-4-16-11(15)10-7(2)5-9-13-12-6-14(9)8(10)3/h5-6H,4H2,1-3H3.